The minimum Gasteiger partial charge on any atom is -0.350 e. The molecule has 0 bridgehead atoms. The molecule has 0 saturated carbocycles. The zero-order chi connectivity index (χ0) is 17.9. The minimum atomic E-state index is -4.46. The average molecular weight is 342 g/mol. The number of halogens is 3. The van der Waals surface area contributed by atoms with Crippen molar-refractivity contribution in [3.8, 4) is 0 Å². The minimum absolute atomic E-state index is 0.101. The highest BCUT2D eigenvalue weighted by molar-refractivity contribution is 5.79. The van der Waals surface area contributed by atoms with Crippen LogP contribution in [0.4, 0.5) is 18.9 Å². The standard InChI is InChI=1S/C14H13F3N4O3/c1-9(20-8-12(7-19-20)21(23)24)13(22)18-6-10-3-2-4-11(5-10)14(15,16)17/h2-5,7-9H,6H2,1H3,(H,18,22)/t9-/m1/s1. The third-order valence-corrected chi connectivity index (χ3v) is 3.30. The molecule has 1 N–H and O–H groups in total. The predicted octanol–water partition coefficient (Wildman–Crippen LogP) is 2.69. The maximum Gasteiger partial charge on any atom is 0.416 e. The van der Waals surface area contributed by atoms with E-state index in [1.807, 2.05) is 0 Å². The van der Waals surface area contributed by atoms with Gasteiger partial charge in [-0.05, 0) is 24.6 Å². The molecule has 1 atom stereocenters. The fourth-order valence-corrected chi connectivity index (χ4v) is 1.95. The molecule has 1 heterocycles. The number of benzene rings is 1. The first kappa shape index (κ1) is 17.4. The van der Waals surface area contributed by atoms with Gasteiger partial charge in [-0.25, -0.2) is 0 Å². The van der Waals surface area contributed by atoms with Crippen LogP contribution >= 0.6 is 0 Å². The summed E-state index contributed by atoms with van der Waals surface area (Å²) in [7, 11) is 0. The second-order valence-corrected chi connectivity index (χ2v) is 5.03. The van der Waals surface area contributed by atoms with Crippen molar-refractivity contribution in [2.75, 3.05) is 0 Å². The number of hydrogen-bond donors (Lipinski definition) is 1. The molecule has 0 aliphatic carbocycles. The van der Waals surface area contributed by atoms with Crippen molar-refractivity contribution < 1.29 is 22.9 Å². The summed E-state index contributed by atoms with van der Waals surface area (Å²) in [5, 5.41) is 16.8. The maximum atomic E-state index is 12.6. The maximum absolute atomic E-state index is 12.6. The van der Waals surface area contributed by atoms with E-state index >= 15 is 0 Å². The molecule has 0 aliphatic rings. The van der Waals surface area contributed by atoms with Crippen LogP contribution < -0.4 is 5.32 Å². The molecule has 1 aromatic heterocycles. The van der Waals surface area contributed by atoms with Crippen LogP contribution in [-0.2, 0) is 17.5 Å². The van der Waals surface area contributed by atoms with Crippen molar-refractivity contribution >= 4 is 11.6 Å². The number of nitrogens with zero attached hydrogens (tertiary/aromatic N) is 3. The Morgan fingerprint density at radius 1 is 1.46 bits per heavy atom. The largest absolute Gasteiger partial charge is 0.416 e. The Balaban J connectivity index is 2.01. The lowest BCUT2D eigenvalue weighted by atomic mass is 10.1. The van der Waals surface area contributed by atoms with E-state index in [4.69, 9.17) is 0 Å². The van der Waals surface area contributed by atoms with Gasteiger partial charge in [0.2, 0.25) is 5.91 Å². The molecular weight excluding hydrogens is 329 g/mol. The Bertz CT molecular complexity index is 758. The van der Waals surface area contributed by atoms with Crippen LogP contribution in [-0.4, -0.2) is 20.6 Å². The van der Waals surface area contributed by atoms with Gasteiger partial charge in [0.25, 0.3) is 0 Å². The second-order valence-electron chi connectivity index (χ2n) is 5.03. The van der Waals surface area contributed by atoms with Gasteiger partial charge in [-0.3, -0.25) is 19.6 Å². The molecule has 0 aliphatic heterocycles. The summed E-state index contributed by atoms with van der Waals surface area (Å²) in [6, 6.07) is 3.76. The summed E-state index contributed by atoms with van der Waals surface area (Å²) in [5.74, 6) is -0.523. The Labute approximate surface area is 134 Å². The molecule has 2 aromatic rings. The number of rotatable bonds is 5. The molecule has 0 spiro atoms. The summed E-state index contributed by atoms with van der Waals surface area (Å²) in [5.41, 5.74) is -0.769. The van der Waals surface area contributed by atoms with Crippen molar-refractivity contribution in [2.45, 2.75) is 25.7 Å². The van der Waals surface area contributed by atoms with E-state index in [-0.39, 0.29) is 17.8 Å². The van der Waals surface area contributed by atoms with Crippen molar-refractivity contribution in [3.05, 3.63) is 57.9 Å². The fraction of sp³-hybridized carbons (Fsp3) is 0.286. The zero-order valence-electron chi connectivity index (χ0n) is 12.4. The Morgan fingerprint density at radius 2 is 2.17 bits per heavy atom. The highest BCUT2D eigenvalue weighted by Crippen LogP contribution is 2.29. The molecular formula is C14H13F3N4O3. The molecule has 0 saturated heterocycles. The van der Waals surface area contributed by atoms with E-state index < -0.39 is 28.6 Å². The van der Waals surface area contributed by atoms with Crippen molar-refractivity contribution in [2.24, 2.45) is 0 Å². The first-order valence-electron chi connectivity index (χ1n) is 6.81. The van der Waals surface area contributed by atoms with Gasteiger partial charge in [0.15, 0.2) is 0 Å². The highest BCUT2D eigenvalue weighted by Gasteiger charge is 2.30. The molecule has 2 rings (SSSR count). The monoisotopic (exact) mass is 342 g/mol. The average Bonchev–Trinajstić information content (AvgIpc) is 3.01. The van der Waals surface area contributed by atoms with E-state index in [2.05, 4.69) is 10.4 Å². The van der Waals surface area contributed by atoms with Gasteiger partial charge in [0.1, 0.15) is 18.4 Å². The van der Waals surface area contributed by atoms with Crippen LogP contribution in [0, 0.1) is 10.1 Å². The molecule has 10 heteroatoms. The van der Waals surface area contributed by atoms with Crippen molar-refractivity contribution in [1.29, 1.82) is 0 Å². The molecule has 0 unspecified atom stereocenters. The Hall–Kier alpha value is -2.91. The number of nitrogens with one attached hydrogen (secondary N) is 1. The number of aromatic nitrogens is 2. The van der Waals surface area contributed by atoms with Gasteiger partial charge >= 0.3 is 11.9 Å². The molecule has 7 nitrogen and oxygen atoms in total. The van der Waals surface area contributed by atoms with Crippen LogP contribution in [0.15, 0.2) is 36.7 Å². The number of alkyl halides is 3. The normalized spacial score (nSPS) is 12.7. The molecule has 0 radical (unpaired) electrons. The van der Waals surface area contributed by atoms with Gasteiger partial charge in [-0.15, -0.1) is 0 Å². The number of amides is 1. The molecule has 1 aromatic carbocycles. The number of nitro groups is 1. The summed E-state index contributed by atoms with van der Waals surface area (Å²) in [6.45, 7) is 1.37. The van der Waals surface area contributed by atoms with Crippen LogP contribution in [0.2, 0.25) is 0 Å². The SMILES string of the molecule is C[C@H](C(=O)NCc1cccc(C(F)(F)F)c1)n1cc([N+](=O)[O-])cn1. The number of hydrogen-bond acceptors (Lipinski definition) is 4. The highest BCUT2D eigenvalue weighted by atomic mass is 19.4. The van der Waals surface area contributed by atoms with Crippen LogP contribution in [0.25, 0.3) is 0 Å². The summed E-state index contributed by atoms with van der Waals surface area (Å²) in [4.78, 5) is 22.0. The summed E-state index contributed by atoms with van der Waals surface area (Å²) < 4.78 is 39.0. The van der Waals surface area contributed by atoms with E-state index in [1.165, 1.54) is 19.1 Å². The lowest BCUT2D eigenvalue weighted by Gasteiger charge is -2.13. The van der Waals surface area contributed by atoms with Crippen LogP contribution in [0.5, 0.6) is 0 Å². The first-order chi connectivity index (χ1) is 11.2. The Kier molecular flexibility index (Phi) is 4.86. The third-order valence-electron chi connectivity index (χ3n) is 3.30. The van der Waals surface area contributed by atoms with Gasteiger partial charge in [0, 0.05) is 6.54 Å². The Morgan fingerprint density at radius 3 is 2.75 bits per heavy atom. The molecule has 1 amide bonds. The second kappa shape index (κ2) is 6.69. The van der Waals surface area contributed by atoms with Crippen LogP contribution in [0.3, 0.4) is 0 Å². The smallest absolute Gasteiger partial charge is 0.350 e. The number of carbonyl (C=O) groups excluding carboxylic acids is 1. The summed E-state index contributed by atoms with van der Waals surface area (Å²) >= 11 is 0. The first-order valence-corrected chi connectivity index (χ1v) is 6.81. The predicted molar refractivity (Wildman–Crippen MR) is 76.9 cm³/mol. The van der Waals surface area contributed by atoms with E-state index in [0.29, 0.717) is 0 Å². The lowest BCUT2D eigenvalue weighted by molar-refractivity contribution is -0.385. The van der Waals surface area contributed by atoms with E-state index in [0.717, 1.165) is 29.2 Å². The van der Waals surface area contributed by atoms with Gasteiger partial charge in [-0.1, -0.05) is 12.1 Å². The topological polar surface area (TPSA) is 90.1 Å². The van der Waals surface area contributed by atoms with Crippen molar-refractivity contribution in [1.82, 2.24) is 15.1 Å². The quantitative estimate of drug-likeness (QED) is 0.668. The van der Waals surface area contributed by atoms with E-state index in [1.54, 1.807) is 0 Å². The van der Waals surface area contributed by atoms with Crippen molar-refractivity contribution in [3.63, 3.8) is 0 Å². The van der Waals surface area contributed by atoms with E-state index in [9.17, 15) is 28.1 Å². The zero-order valence-corrected chi connectivity index (χ0v) is 12.4. The van der Waals surface area contributed by atoms with Crippen LogP contribution in [0.1, 0.15) is 24.1 Å². The summed E-state index contributed by atoms with van der Waals surface area (Å²) in [6.07, 6.45) is -2.34. The number of carbonyl (C=O) groups is 1. The van der Waals surface area contributed by atoms with Gasteiger partial charge in [0.05, 0.1) is 10.5 Å². The lowest BCUT2D eigenvalue weighted by Crippen LogP contribution is -2.30. The molecule has 24 heavy (non-hydrogen) atoms. The third kappa shape index (κ3) is 4.09. The molecule has 128 valence electrons. The van der Waals surface area contributed by atoms with Gasteiger partial charge < -0.3 is 5.32 Å². The van der Waals surface area contributed by atoms with Gasteiger partial charge in [-0.2, -0.15) is 18.3 Å². The fourth-order valence-electron chi connectivity index (χ4n) is 1.95. The molecule has 0 fully saturated rings.